The molecule has 0 radical (unpaired) electrons. The summed E-state index contributed by atoms with van der Waals surface area (Å²) in [6.07, 6.45) is 0. The number of nitrogen functional groups attached to an aromatic ring is 1. The number of nitrogens with two attached hydrogens (primary N) is 1. The van der Waals surface area contributed by atoms with Gasteiger partial charge in [-0.3, -0.25) is 4.79 Å². The molecule has 1 heterocycles. The molecule has 1 aromatic heterocycles. The lowest BCUT2D eigenvalue weighted by Gasteiger charge is -2.20. The Morgan fingerprint density at radius 1 is 1.47 bits per heavy atom. The van der Waals surface area contributed by atoms with Crippen molar-refractivity contribution in [2.45, 2.75) is 32.9 Å². The average molecular weight is 325 g/mol. The number of nitrogens with zero attached hydrogens (tertiary/aromatic N) is 2. The smallest absolute Gasteiger partial charge is 0.240 e. The van der Waals surface area contributed by atoms with E-state index in [1.165, 1.54) is 0 Å². The minimum Gasteiger partial charge on any atom is -0.369 e. The summed E-state index contributed by atoms with van der Waals surface area (Å²) in [5.41, 5.74) is 7.24. The van der Waals surface area contributed by atoms with Crippen LogP contribution in [0.3, 0.4) is 0 Å². The van der Waals surface area contributed by atoms with Crippen LogP contribution < -0.4 is 11.1 Å². The largest absolute Gasteiger partial charge is 0.369 e. The Balaban J connectivity index is 2.32. The molecule has 0 aliphatic carbocycles. The fourth-order valence-corrected chi connectivity index (χ4v) is 2.23. The molecule has 102 valence electrons. The van der Waals surface area contributed by atoms with Gasteiger partial charge >= 0.3 is 0 Å². The Morgan fingerprint density at radius 3 is 2.79 bits per heavy atom. The van der Waals surface area contributed by atoms with Crippen LogP contribution in [-0.4, -0.2) is 21.0 Å². The molecule has 2 rings (SSSR count). The lowest BCUT2D eigenvalue weighted by atomic mass is 10.1. The Morgan fingerprint density at radius 2 is 2.16 bits per heavy atom. The number of halogens is 1. The summed E-state index contributed by atoms with van der Waals surface area (Å²) in [5, 5.41) is 2.91. The van der Waals surface area contributed by atoms with Crippen molar-refractivity contribution in [3.05, 3.63) is 22.7 Å². The Bertz CT molecular complexity index is 627. The van der Waals surface area contributed by atoms with Crippen LogP contribution in [0.1, 0.15) is 20.8 Å². The molecule has 2 aromatic rings. The summed E-state index contributed by atoms with van der Waals surface area (Å²) < 4.78 is 2.64. The first-order chi connectivity index (χ1) is 8.76. The highest BCUT2D eigenvalue weighted by Gasteiger charge is 2.16. The molecule has 1 aromatic carbocycles. The second kappa shape index (κ2) is 4.85. The van der Waals surface area contributed by atoms with Crippen molar-refractivity contribution in [1.82, 2.24) is 14.9 Å². The first-order valence-corrected chi connectivity index (χ1v) is 6.78. The number of anilines is 1. The molecule has 0 atom stereocenters. The van der Waals surface area contributed by atoms with Gasteiger partial charge in [-0.15, -0.1) is 0 Å². The molecule has 0 saturated heterocycles. The normalized spacial score (nSPS) is 11.8. The quantitative estimate of drug-likeness (QED) is 0.890. The van der Waals surface area contributed by atoms with Crippen LogP contribution in [0.4, 0.5) is 5.95 Å². The zero-order valence-corrected chi connectivity index (χ0v) is 12.8. The van der Waals surface area contributed by atoms with E-state index in [9.17, 15) is 4.79 Å². The van der Waals surface area contributed by atoms with Crippen molar-refractivity contribution >= 4 is 38.8 Å². The lowest BCUT2D eigenvalue weighted by molar-refractivity contribution is -0.122. The molecule has 3 N–H and O–H groups in total. The number of nitrogens with one attached hydrogen (secondary N) is 1. The maximum atomic E-state index is 12.0. The van der Waals surface area contributed by atoms with Crippen molar-refractivity contribution in [2.24, 2.45) is 0 Å². The van der Waals surface area contributed by atoms with Gasteiger partial charge in [-0.1, -0.05) is 15.9 Å². The van der Waals surface area contributed by atoms with Gasteiger partial charge in [-0.05, 0) is 39.0 Å². The van der Waals surface area contributed by atoms with E-state index >= 15 is 0 Å². The van der Waals surface area contributed by atoms with Gasteiger partial charge in [0.05, 0.1) is 11.0 Å². The zero-order chi connectivity index (χ0) is 14.2. The molecule has 0 unspecified atom stereocenters. The maximum absolute atomic E-state index is 12.0. The molecule has 1 amide bonds. The first kappa shape index (κ1) is 13.9. The summed E-state index contributed by atoms with van der Waals surface area (Å²) in [6.45, 7) is 5.99. The highest BCUT2D eigenvalue weighted by molar-refractivity contribution is 9.10. The number of carbonyl (C=O) groups excluding carboxylic acids is 1. The van der Waals surface area contributed by atoms with E-state index in [0.717, 1.165) is 15.5 Å². The predicted octanol–water partition coefficient (Wildman–Crippen LogP) is 2.30. The molecule has 0 fully saturated rings. The molecule has 6 heteroatoms. The first-order valence-electron chi connectivity index (χ1n) is 5.98. The number of amides is 1. The van der Waals surface area contributed by atoms with Gasteiger partial charge in [-0.2, -0.15) is 0 Å². The third-order valence-corrected chi connectivity index (χ3v) is 3.05. The Labute approximate surface area is 120 Å². The van der Waals surface area contributed by atoms with Crippen LogP contribution in [0, 0.1) is 0 Å². The minimum atomic E-state index is -0.261. The number of hydrogen-bond acceptors (Lipinski definition) is 3. The molecule has 0 saturated carbocycles. The molecule has 0 spiro atoms. The number of hydrogen-bond donors (Lipinski definition) is 2. The van der Waals surface area contributed by atoms with Gasteiger partial charge in [-0.25, -0.2) is 4.98 Å². The van der Waals surface area contributed by atoms with E-state index in [2.05, 4.69) is 26.2 Å². The molecule has 0 aliphatic heterocycles. The third-order valence-electron chi connectivity index (χ3n) is 2.56. The van der Waals surface area contributed by atoms with Crippen molar-refractivity contribution in [3.8, 4) is 0 Å². The fourth-order valence-electron chi connectivity index (χ4n) is 1.88. The SMILES string of the molecule is CC(C)(C)NC(=O)Cn1c(N)nc2ccc(Br)cc21. The fraction of sp³-hybridized carbons (Fsp3) is 0.385. The van der Waals surface area contributed by atoms with Crippen LogP contribution in [0.2, 0.25) is 0 Å². The van der Waals surface area contributed by atoms with Crippen LogP contribution in [0.15, 0.2) is 22.7 Å². The summed E-state index contributed by atoms with van der Waals surface area (Å²) in [5.74, 6) is 0.260. The number of imidazole rings is 1. The van der Waals surface area contributed by atoms with E-state index in [4.69, 9.17) is 5.73 Å². The molecular weight excluding hydrogens is 308 g/mol. The highest BCUT2D eigenvalue weighted by atomic mass is 79.9. The van der Waals surface area contributed by atoms with E-state index in [1.54, 1.807) is 4.57 Å². The van der Waals surface area contributed by atoms with Gasteiger partial charge in [0, 0.05) is 10.0 Å². The summed E-state index contributed by atoms with van der Waals surface area (Å²) in [7, 11) is 0. The van der Waals surface area contributed by atoms with Crippen molar-refractivity contribution in [2.75, 3.05) is 5.73 Å². The van der Waals surface area contributed by atoms with Crippen LogP contribution in [-0.2, 0) is 11.3 Å². The topological polar surface area (TPSA) is 72.9 Å². The zero-order valence-electron chi connectivity index (χ0n) is 11.2. The Kier molecular flexibility index (Phi) is 3.54. The average Bonchev–Trinajstić information content (AvgIpc) is 2.53. The van der Waals surface area contributed by atoms with Crippen LogP contribution in [0.5, 0.6) is 0 Å². The standard InChI is InChI=1S/C13H17BrN4O/c1-13(2,3)17-11(19)7-18-10-6-8(14)4-5-9(10)16-12(18)15/h4-6H,7H2,1-3H3,(H2,15,16)(H,17,19). The molecular formula is C13H17BrN4O. The monoisotopic (exact) mass is 324 g/mol. The number of aromatic nitrogens is 2. The minimum absolute atomic E-state index is 0.0847. The number of rotatable bonds is 2. The third kappa shape index (κ3) is 3.26. The highest BCUT2D eigenvalue weighted by Crippen LogP contribution is 2.22. The number of benzene rings is 1. The second-order valence-electron chi connectivity index (χ2n) is 5.49. The molecule has 0 bridgehead atoms. The summed E-state index contributed by atoms with van der Waals surface area (Å²) >= 11 is 3.41. The van der Waals surface area contributed by atoms with Gasteiger partial charge in [0.2, 0.25) is 11.9 Å². The van der Waals surface area contributed by atoms with Gasteiger partial charge < -0.3 is 15.6 Å². The van der Waals surface area contributed by atoms with E-state index in [0.29, 0.717) is 5.95 Å². The lowest BCUT2D eigenvalue weighted by Crippen LogP contribution is -2.42. The van der Waals surface area contributed by atoms with E-state index in [-0.39, 0.29) is 18.0 Å². The molecule has 0 aliphatic rings. The van der Waals surface area contributed by atoms with Crippen LogP contribution >= 0.6 is 15.9 Å². The van der Waals surface area contributed by atoms with Crippen molar-refractivity contribution < 1.29 is 4.79 Å². The predicted molar refractivity (Wildman–Crippen MR) is 79.7 cm³/mol. The van der Waals surface area contributed by atoms with Crippen molar-refractivity contribution in [3.63, 3.8) is 0 Å². The number of fused-ring (bicyclic) bond motifs is 1. The Hall–Kier alpha value is -1.56. The van der Waals surface area contributed by atoms with Crippen molar-refractivity contribution in [1.29, 1.82) is 0 Å². The summed E-state index contributed by atoms with van der Waals surface area (Å²) in [6, 6.07) is 5.67. The van der Waals surface area contributed by atoms with Gasteiger partial charge in [0.1, 0.15) is 6.54 Å². The van der Waals surface area contributed by atoms with Gasteiger partial charge in [0.15, 0.2) is 0 Å². The molecule has 5 nitrogen and oxygen atoms in total. The van der Waals surface area contributed by atoms with Crippen LogP contribution in [0.25, 0.3) is 11.0 Å². The maximum Gasteiger partial charge on any atom is 0.240 e. The molecule has 19 heavy (non-hydrogen) atoms. The van der Waals surface area contributed by atoms with Gasteiger partial charge in [0.25, 0.3) is 0 Å². The number of carbonyl (C=O) groups is 1. The second-order valence-corrected chi connectivity index (χ2v) is 6.40. The van der Waals surface area contributed by atoms with E-state index < -0.39 is 0 Å². The van der Waals surface area contributed by atoms with E-state index in [1.807, 2.05) is 39.0 Å². The summed E-state index contributed by atoms with van der Waals surface area (Å²) in [4.78, 5) is 16.2.